The Bertz CT molecular complexity index is 518. The van der Waals surface area contributed by atoms with Crippen LogP contribution in [0.15, 0.2) is 48.5 Å². The van der Waals surface area contributed by atoms with E-state index in [1.807, 2.05) is 37.3 Å². The molecule has 0 amide bonds. The first kappa shape index (κ1) is 10.6. The highest BCUT2D eigenvalue weighted by Gasteiger charge is 2.07. The predicted molar refractivity (Wildman–Crippen MR) is 63.5 cm³/mol. The SMILES string of the molecule is Cc1cc(F)ccc1C(=N)c1ccccc1. The molecule has 0 aromatic heterocycles. The summed E-state index contributed by atoms with van der Waals surface area (Å²) in [7, 11) is 0. The number of aryl methyl sites for hydroxylation is 1. The zero-order valence-corrected chi connectivity index (χ0v) is 9.00. The maximum absolute atomic E-state index is 12.9. The highest BCUT2D eigenvalue weighted by atomic mass is 19.1. The number of benzene rings is 2. The fraction of sp³-hybridized carbons (Fsp3) is 0.0714. The maximum Gasteiger partial charge on any atom is 0.123 e. The second-order valence-corrected chi connectivity index (χ2v) is 3.70. The van der Waals surface area contributed by atoms with E-state index >= 15 is 0 Å². The van der Waals surface area contributed by atoms with Gasteiger partial charge in [-0.2, -0.15) is 0 Å². The zero-order valence-electron chi connectivity index (χ0n) is 9.00. The highest BCUT2D eigenvalue weighted by Crippen LogP contribution is 2.15. The van der Waals surface area contributed by atoms with Gasteiger partial charge in [0.1, 0.15) is 5.82 Å². The molecule has 0 radical (unpaired) electrons. The lowest BCUT2D eigenvalue weighted by molar-refractivity contribution is 0.626. The van der Waals surface area contributed by atoms with Crippen LogP contribution in [0.1, 0.15) is 16.7 Å². The molecule has 80 valence electrons. The van der Waals surface area contributed by atoms with Crippen molar-refractivity contribution in [3.05, 3.63) is 71.0 Å². The van der Waals surface area contributed by atoms with Crippen LogP contribution in [0.25, 0.3) is 0 Å². The van der Waals surface area contributed by atoms with Crippen LogP contribution in [-0.2, 0) is 0 Å². The Labute approximate surface area is 94.1 Å². The molecule has 0 fully saturated rings. The standard InChI is InChI=1S/C14H12FN/c1-10-9-12(15)7-8-13(10)14(16)11-5-3-2-4-6-11/h2-9,16H,1H3. The second kappa shape index (κ2) is 4.27. The monoisotopic (exact) mass is 213 g/mol. The van der Waals surface area contributed by atoms with Crippen molar-refractivity contribution in [3.63, 3.8) is 0 Å². The van der Waals surface area contributed by atoms with E-state index < -0.39 is 0 Å². The summed E-state index contributed by atoms with van der Waals surface area (Å²) < 4.78 is 12.9. The Kier molecular flexibility index (Phi) is 2.82. The van der Waals surface area contributed by atoms with Gasteiger partial charge in [-0.15, -0.1) is 0 Å². The number of nitrogens with one attached hydrogen (secondary N) is 1. The van der Waals surface area contributed by atoms with Gasteiger partial charge in [0.25, 0.3) is 0 Å². The molecular weight excluding hydrogens is 201 g/mol. The van der Waals surface area contributed by atoms with Crippen LogP contribution in [0.5, 0.6) is 0 Å². The summed E-state index contributed by atoms with van der Waals surface area (Å²) in [4.78, 5) is 0. The van der Waals surface area contributed by atoms with E-state index in [-0.39, 0.29) is 5.82 Å². The van der Waals surface area contributed by atoms with Crippen LogP contribution >= 0.6 is 0 Å². The van der Waals surface area contributed by atoms with Gasteiger partial charge in [-0.25, -0.2) is 4.39 Å². The van der Waals surface area contributed by atoms with Crippen molar-refractivity contribution >= 4 is 5.71 Å². The molecule has 0 heterocycles. The summed E-state index contributed by atoms with van der Waals surface area (Å²) in [6.45, 7) is 1.82. The summed E-state index contributed by atoms with van der Waals surface area (Å²) in [5.41, 5.74) is 2.83. The second-order valence-electron chi connectivity index (χ2n) is 3.70. The molecule has 0 aliphatic heterocycles. The van der Waals surface area contributed by atoms with Crippen LogP contribution in [0.2, 0.25) is 0 Å². The van der Waals surface area contributed by atoms with E-state index in [0.29, 0.717) is 5.71 Å². The third-order valence-electron chi connectivity index (χ3n) is 2.52. The average Bonchev–Trinajstić information content (AvgIpc) is 2.29. The molecule has 0 spiro atoms. The van der Waals surface area contributed by atoms with Crippen LogP contribution in [0.3, 0.4) is 0 Å². The minimum Gasteiger partial charge on any atom is -0.300 e. The van der Waals surface area contributed by atoms with E-state index in [1.165, 1.54) is 12.1 Å². The summed E-state index contributed by atoms with van der Waals surface area (Å²) in [5.74, 6) is -0.262. The topological polar surface area (TPSA) is 23.9 Å². The Morgan fingerprint density at radius 1 is 1.06 bits per heavy atom. The Hall–Kier alpha value is -1.96. The number of rotatable bonds is 2. The highest BCUT2D eigenvalue weighted by molar-refractivity contribution is 6.11. The number of hydrogen-bond acceptors (Lipinski definition) is 1. The zero-order chi connectivity index (χ0) is 11.5. The lowest BCUT2D eigenvalue weighted by Crippen LogP contribution is -2.03. The first-order valence-electron chi connectivity index (χ1n) is 5.09. The minimum absolute atomic E-state index is 0.262. The van der Waals surface area contributed by atoms with Crippen molar-refractivity contribution in [3.8, 4) is 0 Å². The molecule has 0 saturated heterocycles. The quantitative estimate of drug-likeness (QED) is 0.738. The summed E-state index contributed by atoms with van der Waals surface area (Å²) in [6, 6.07) is 13.9. The van der Waals surface area contributed by atoms with Crippen LogP contribution in [0.4, 0.5) is 4.39 Å². The predicted octanol–water partition coefficient (Wildman–Crippen LogP) is 3.55. The Balaban J connectivity index is 2.42. The first-order valence-corrected chi connectivity index (χ1v) is 5.09. The lowest BCUT2D eigenvalue weighted by Gasteiger charge is -2.07. The summed E-state index contributed by atoms with van der Waals surface area (Å²) in [6.07, 6.45) is 0. The first-order chi connectivity index (χ1) is 7.68. The van der Waals surface area contributed by atoms with E-state index in [0.717, 1.165) is 16.7 Å². The molecule has 0 aliphatic carbocycles. The van der Waals surface area contributed by atoms with Crippen molar-refractivity contribution in [2.75, 3.05) is 0 Å². The third kappa shape index (κ3) is 2.01. The fourth-order valence-electron chi connectivity index (χ4n) is 1.67. The molecule has 2 rings (SSSR count). The average molecular weight is 213 g/mol. The normalized spacial score (nSPS) is 10.1. The molecular formula is C14H12FN. The maximum atomic E-state index is 12.9. The van der Waals surface area contributed by atoms with Crippen molar-refractivity contribution in [1.29, 1.82) is 5.41 Å². The van der Waals surface area contributed by atoms with Crippen molar-refractivity contribution < 1.29 is 4.39 Å². The number of halogens is 1. The molecule has 16 heavy (non-hydrogen) atoms. The smallest absolute Gasteiger partial charge is 0.123 e. The molecule has 0 atom stereocenters. The van der Waals surface area contributed by atoms with E-state index in [4.69, 9.17) is 5.41 Å². The largest absolute Gasteiger partial charge is 0.300 e. The molecule has 2 aromatic carbocycles. The lowest BCUT2D eigenvalue weighted by atomic mass is 9.98. The van der Waals surface area contributed by atoms with Gasteiger partial charge in [0.2, 0.25) is 0 Å². The molecule has 0 bridgehead atoms. The van der Waals surface area contributed by atoms with Crippen molar-refractivity contribution in [2.24, 2.45) is 0 Å². The van der Waals surface area contributed by atoms with Crippen LogP contribution in [0, 0.1) is 18.2 Å². The summed E-state index contributed by atoms with van der Waals surface area (Å²) >= 11 is 0. The number of hydrogen-bond donors (Lipinski definition) is 1. The minimum atomic E-state index is -0.262. The summed E-state index contributed by atoms with van der Waals surface area (Å²) in [5, 5.41) is 8.06. The van der Waals surface area contributed by atoms with E-state index in [1.54, 1.807) is 6.07 Å². The van der Waals surface area contributed by atoms with Gasteiger partial charge in [0.15, 0.2) is 0 Å². The molecule has 2 heteroatoms. The van der Waals surface area contributed by atoms with Crippen LogP contribution in [-0.4, -0.2) is 5.71 Å². The van der Waals surface area contributed by atoms with Gasteiger partial charge in [0.05, 0.1) is 5.71 Å². The van der Waals surface area contributed by atoms with Crippen LogP contribution < -0.4 is 0 Å². The molecule has 1 nitrogen and oxygen atoms in total. The Morgan fingerprint density at radius 2 is 1.75 bits per heavy atom. The van der Waals surface area contributed by atoms with Gasteiger partial charge in [0, 0.05) is 11.1 Å². The molecule has 1 N–H and O–H groups in total. The molecule has 0 aliphatic rings. The molecule has 0 saturated carbocycles. The molecule has 2 aromatic rings. The van der Waals surface area contributed by atoms with E-state index in [9.17, 15) is 4.39 Å². The van der Waals surface area contributed by atoms with Gasteiger partial charge in [-0.1, -0.05) is 30.3 Å². The van der Waals surface area contributed by atoms with Crippen molar-refractivity contribution in [1.82, 2.24) is 0 Å². The van der Waals surface area contributed by atoms with E-state index in [2.05, 4.69) is 0 Å². The van der Waals surface area contributed by atoms with Crippen molar-refractivity contribution in [2.45, 2.75) is 6.92 Å². The van der Waals surface area contributed by atoms with Gasteiger partial charge in [-0.05, 0) is 30.7 Å². The Morgan fingerprint density at radius 3 is 2.38 bits per heavy atom. The fourth-order valence-corrected chi connectivity index (χ4v) is 1.67. The van der Waals surface area contributed by atoms with Gasteiger partial charge in [-0.3, -0.25) is 5.41 Å². The van der Waals surface area contributed by atoms with Gasteiger partial charge < -0.3 is 0 Å². The molecule has 0 unspecified atom stereocenters. The third-order valence-corrected chi connectivity index (χ3v) is 2.52. The van der Waals surface area contributed by atoms with Gasteiger partial charge >= 0.3 is 0 Å².